The normalized spacial score (nSPS) is 28.7. The molecule has 0 saturated carbocycles. The molecule has 2 atom stereocenters. The van der Waals surface area contributed by atoms with E-state index in [1.54, 1.807) is 4.31 Å². The number of piperazine rings is 1. The predicted molar refractivity (Wildman–Crippen MR) is 69.7 cm³/mol. The highest BCUT2D eigenvalue weighted by molar-refractivity contribution is 7.89. The number of nitrogens with zero attached hydrogens (tertiary/aromatic N) is 2. The lowest BCUT2D eigenvalue weighted by Crippen LogP contribution is -2.54. The molecule has 2 saturated heterocycles. The van der Waals surface area contributed by atoms with E-state index in [9.17, 15) is 12.8 Å². The maximum Gasteiger partial charge on any atom is 0.243 e. The van der Waals surface area contributed by atoms with Gasteiger partial charge in [-0.15, -0.1) is 0 Å². The first-order chi connectivity index (χ1) is 8.98. The summed E-state index contributed by atoms with van der Waals surface area (Å²) in [6.07, 6.45) is 1.82. The van der Waals surface area contributed by atoms with Crippen molar-refractivity contribution >= 4 is 10.0 Å². The van der Waals surface area contributed by atoms with Crippen molar-refractivity contribution in [3.63, 3.8) is 0 Å². The van der Waals surface area contributed by atoms with E-state index in [0.717, 1.165) is 25.9 Å². The molecule has 3 rings (SSSR count). The summed E-state index contributed by atoms with van der Waals surface area (Å²) < 4.78 is 39.9. The van der Waals surface area contributed by atoms with Crippen molar-refractivity contribution in [2.75, 3.05) is 20.1 Å². The van der Waals surface area contributed by atoms with Gasteiger partial charge in [-0.1, -0.05) is 0 Å². The molecule has 0 spiro atoms. The van der Waals surface area contributed by atoms with E-state index in [1.807, 2.05) is 7.05 Å². The summed E-state index contributed by atoms with van der Waals surface area (Å²) in [5.41, 5.74) is 0. The zero-order valence-electron chi connectivity index (χ0n) is 10.8. The zero-order chi connectivity index (χ0) is 13.6. The predicted octanol–water partition coefficient (Wildman–Crippen LogP) is 1.29. The molecule has 2 heterocycles. The summed E-state index contributed by atoms with van der Waals surface area (Å²) in [7, 11) is -1.48. The molecule has 2 fully saturated rings. The molecule has 104 valence electrons. The van der Waals surface area contributed by atoms with Crippen molar-refractivity contribution < 1.29 is 12.8 Å². The Hall–Kier alpha value is -0.980. The molecule has 0 radical (unpaired) electrons. The molecule has 1 aromatic rings. The third kappa shape index (κ3) is 2.17. The summed E-state index contributed by atoms with van der Waals surface area (Å²) in [4.78, 5) is 2.37. The Morgan fingerprint density at radius 2 is 1.63 bits per heavy atom. The highest BCUT2D eigenvalue weighted by atomic mass is 32.2. The van der Waals surface area contributed by atoms with Crippen LogP contribution < -0.4 is 0 Å². The lowest BCUT2D eigenvalue weighted by Gasteiger charge is -2.38. The van der Waals surface area contributed by atoms with Crippen LogP contribution in [0.1, 0.15) is 12.8 Å². The number of benzene rings is 1. The topological polar surface area (TPSA) is 40.6 Å². The quantitative estimate of drug-likeness (QED) is 0.822. The van der Waals surface area contributed by atoms with E-state index in [0.29, 0.717) is 0 Å². The highest BCUT2D eigenvalue weighted by Gasteiger charge is 2.45. The molecule has 0 amide bonds. The minimum absolute atomic E-state index is 0.0544. The first kappa shape index (κ1) is 13.0. The van der Waals surface area contributed by atoms with Gasteiger partial charge in [0, 0.05) is 25.2 Å². The molecule has 1 aromatic carbocycles. The number of likely N-dealkylation sites (N-methyl/N-ethyl adjacent to an activating group) is 1. The average molecular weight is 284 g/mol. The lowest BCUT2D eigenvalue weighted by atomic mass is 10.2. The Bertz CT molecular complexity index is 559. The van der Waals surface area contributed by atoms with Crippen molar-refractivity contribution in [1.29, 1.82) is 0 Å². The third-order valence-corrected chi connectivity index (χ3v) is 6.01. The van der Waals surface area contributed by atoms with Crippen LogP contribution in [0.2, 0.25) is 0 Å². The first-order valence-corrected chi connectivity index (χ1v) is 7.90. The molecule has 0 aliphatic carbocycles. The van der Waals surface area contributed by atoms with Crippen LogP contribution in [0.5, 0.6) is 0 Å². The molecule has 2 aliphatic heterocycles. The van der Waals surface area contributed by atoms with E-state index in [2.05, 4.69) is 4.90 Å². The maximum atomic E-state index is 12.9. The van der Waals surface area contributed by atoms with Gasteiger partial charge >= 0.3 is 0 Å². The second-order valence-electron chi connectivity index (χ2n) is 5.40. The number of fused-ring (bicyclic) bond motifs is 2. The third-order valence-electron chi connectivity index (χ3n) is 3.99. The number of rotatable bonds is 2. The molecule has 0 N–H and O–H groups in total. The summed E-state index contributed by atoms with van der Waals surface area (Å²) in [6, 6.07) is 5.21. The number of sulfonamides is 1. The molecule has 19 heavy (non-hydrogen) atoms. The van der Waals surface area contributed by atoms with Crippen molar-refractivity contribution in [3.8, 4) is 0 Å². The number of halogens is 1. The number of hydrogen-bond donors (Lipinski definition) is 0. The SMILES string of the molecule is CN1CC2CCC(C1)N2S(=O)(=O)c1ccc(F)cc1. The number of likely N-dealkylation sites (tertiary alicyclic amines) is 1. The molecular formula is C13H17FN2O2S. The van der Waals surface area contributed by atoms with Crippen molar-refractivity contribution in [2.45, 2.75) is 29.8 Å². The summed E-state index contributed by atoms with van der Waals surface area (Å²) in [6.45, 7) is 1.55. The van der Waals surface area contributed by atoms with Crippen LogP contribution in [0.25, 0.3) is 0 Å². The molecule has 4 nitrogen and oxygen atoms in total. The molecule has 0 aromatic heterocycles. The Kier molecular flexibility index (Phi) is 3.11. The Labute approximate surface area is 112 Å². The smallest absolute Gasteiger partial charge is 0.243 e. The Balaban J connectivity index is 1.95. The van der Waals surface area contributed by atoms with E-state index < -0.39 is 15.8 Å². The second-order valence-corrected chi connectivity index (χ2v) is 7.24. The maximum absolute atomic E-state index is 12.9. The van der Waals surface area contributed by atoms with Crippen LogP contribution in [0.15, 0.2) is 29.2 Å². The van der Waals surface area contributed by atoms with E-state index in [-0.39, 0.29) is 17.0 Å². The van der Waals surface area contributed by atoms with E-state index in [4.69, 9.17) is 0 Å². The van der Waals surface area contributed by atoms with Gasteiger partial charge in [0.1, 0.15) is 5.82 Å². The number of hydrogen-bond acceptors (Lipinski definition) is 3. The zero-order valence-corrected chi connectivity index (χ0v) is 11.6. The fraction of sp³-hybridized carbons (Fsp3) is 0.538. The Morgan fingerprint density at radius 1 is 1.11 bits per heavy atom. The average Bonchev–Trinajstić information content (AvgIpc) is 2.64. The Morgan fingerprint density at radius 3 is 2.16 bits per heavy atom. The van der Waals surface area contributed by atoms with Crippen molar-refractivity contribution in [1.82, 2.24) is 9.21 Å². The molecule has 2 bridgehead atoms. The van der Waals surface area contributed by atoms with Crippen LogP contribution >= 0.6 is 0 Å². The summed E-state index contributed by atoms with van der Waals surface area (Å²) in [5.74, 6) is -0.416. The largest absolute Gasteiger partial charge is 0.303 e. The van der Waals surface area contributed by atoms with Gasteiger partial charge < -0.3 is 4.90 Å². The monoisotopic (exact) mass is 284 g/mol. The summed E-state index contributed by atoms with van der Waals surface area (Å²) >= 11 is 0. The molecule has 2 unspecified atom stereocenters. The van der Waals surface area contributed by atoms with Gasteiger partial charge in [0.05, 0.1) is 4.90 Å². The minimum Gasteiger partial charge on any atom is -0.303 e. The highest BCUT2D eigenvalue weighted by Crippen LogP contribution is 2.34. The van der Waals surface area contributed by atoms with Gasteiger partial charge in [-0.05, 0) is 44.2 Å². The van der Waals surface area contributed by atoms with Gasteiger partial charge in [-0.2, -0.15) is 4.31 Å². The van der Waals surface area contributed by atoms with Crippen LogP contribution in [-0.2, 0) is 10.0 Å². The fourth-order valence-electron chi connectivity index (χ4n) is 3.20. The molecule has 6 heteroatoms. The minimum atomic E-state index is -3.50. The lowest BCUT2D eigenvalue weighted by molar-refractivity contribution is 0.154. The van der Waals surface area contributed by atoms with Crippen LogP contribution in [0.3, 0.4) is 0 Å². The van der Waals surface area contributed by atoms with E-state index >= 15 is 0 Å². The first-order valence-electron chi connectivity index (χ1n) is 6.46. The van der Waals surface area contributed by atoms with Crippen LogP contribution in [0.4, 0.5) is 4.39 Å². The molecular weight excluding hydrogens is 267 g/mol. The van der Waals surface area contributed by atoms with Crippen molar-refractivity contribution in [2.24, 2.45) is 0 Å². The van der Waals surface area contributed by atoms with Gasteiger partial charge in [-0.3, -0.25) is 0 Å². The standard InChI is InChI=1S/C13H17FN2O2S/c1-15-8-11-4-5-12(9-15)16(11)19(17,18)13-6-2-10(14)3-7-13/h2-3,6-7,11-12H,4-5,8-9H2,1H3. The molecule has 2 aliphatic rings. The van der Waals surface area contributed by atoms with Crippen LogP contribution in [0, 0.1) is 5.82 Å². The summed E-state index contributed by atoms with van der Waals surface area (Å²) in [5, 5.41) is 0. The van der Waals surface area contributed by atoms with Gasteiger partial charge in [0.2, 0.25) is 10.0 Å². The van der Waals surface area contributed by atoms with E-state index in [1.165, 1.54) is 24.3 Å². The van der Waals surface area contributed by atoms with Gasteiger partial charge in [0.15, 0.2) is 0 Å². The van der Waals surface area contributed by atoms with Crippen molar-refractivity contribution in [3.05, 3.63) is 30.1 Å². The fourth-order valence-corrected chi connectivity index (χ4v) is 5.05. The van der Waals surface area contributed by atoms with Gasteiger partial charge in [-0.25, -0.2) is 12.8 Å². The second kappa shape index (κ2) is 4.54. The van der Waals surface area contributed by atoms with Gasteiger partial charge in [0.25, 0.3) is 0 Å². The van der Waals surface area contributed by atoms with Crippen LogP contribution in [-0.4, -0.2) is 49.8 Å².